The predicted molar refractivity (Wildman–Crippen MR) is 94.1 cm³/mol. The molecule has 1 aromatic carbocycles. The van der Waals surface area contributed by atoms with Crippen molar-refractivity contribution < 1.29 is 9.90 Å². The van der Waals surface area contributed by atoms with Gasteiger partial charge in [0, 0.05) is 30.9 Å². The van der Waals surface area contributed by atoms with Gasteiger partial charge in [0.25, 0.3) is 5.56 Å². The van der Waals surface area contributed by atoms with Crippen LogP contribution in [-0.4, -0.2) is 34.8 Å². The molecule has 1 aromatic heterocycles. The van der Waals surface area contributed by atoms with Crippen LogP contribution in [0.15, 0.2) is 29.1 Å². The van der Waals surface area contributed by atoms with Crippen molar-refractivity contribution >= 4 is 22.5 Å². The lowest BCUT2D eigenvalue weighted by Crippen LogP contribution is -2.45. The summed E-state index contributed by atoms with van der Waals surface area (Å²) in [6.45, 7) is 0.177. The molecule has 0 atom stereocenters. The summed E-state index contributed by atoms with van der Waals surface area (Å²) in [4.78, 5) is 24.3. The van der Waals surface area contributed by atoms with Crippen molar-refractivity contribution in [2.75, 3.05) is 18.5 Å². The van der Waals surface area contributed by atoms with Crippen LogP contribution in [0.25, 0.3) is 10.9 Å². The fourth-order valence-electron chi connectivity index (χ4n) is 3.23. The van der Waals surface area contributed by atoms with Crippen LogP contribution in [0.4, 0.5) is 5.69 Å². The van der Waals surface area contributed by atoms with Crippen LogP contribution in [-0.2, 0) is 11.8 Å². The molecule has 3 N–H and O–H groups in total. The molecule has 1 aliphatic rings. The molecule has 7 nitrogen and oxygen atoms in total. The van der Waals surface area contributed by atoms with E-state index < -0.39 is 0 Å². The molecule has 0 bridgehead atoms. The summed E-state index contributed by atoms with van der Waals surface area (Å²) in [5.41, 5.74) is 1.06. The molecule has 0 aliphatic heterocycles. The number of hydrogen-bond donors (Lipinski definition) is 3. The maximum Gasteiger partial charge on any atom is 0.270 e. The molecule has 1 saturated carbocycles. The van der Waals surface area contributed by atoms with E-state index in [2.05, 4.69) is 10.6 Å². The van der Waals surface area contributed by atoms with Crippen LogP contribution < -0.4 is 16.2 Å². The lowest BCUT2D eigenvalue weighted by molar-refractivity contribution is -0.127. The Kier molecular flexibility index (Phi) is 4.72. The van der Waals surface area contributed by atoms with Gasteiger partial charge in [-0.3, -0.25) is 9.59 Å². The maximum absolute atomic E-state index is 12.4. The number of hydrogen-bond acceptors (Lipinski definition) is 5. The van der Waals surface area contributed by atoms with E-state index in [9.17, 15) is 14.9 Å². The monoisotopic (exact) mass is 340 g/mol. The van der Waals surface area contributed by atoms with Crippen LogP contribution in [0.5, 0.6) is 0 Å². The van der Waals surface area contributed by atoms with Crippen molar-refractivity contribution in [3.8, 4) is 6.07 Å². The number of para-hydroxylation sites is 1. The van der Waals surface area contributed by atoms with Crippen molar-refractivity contribution in [2.45, 2.75) is 18.9 Å². The SMILES string of the molecule is Cn1c(=O)c(C#N)c(NC2CC(C(=O)NCCO)C2)c2ccccc21. The molecule has 0 unspecified atom stereocenters. The van der Waals surface area contributed by atoms with Crippen molar-refractivity contribution in [3.05, 3.63) is 40.2 Å². The van der Waals surface area contributed by atoms with Crippen molar-refractivity contribution in [3.63, 3.8) is 0 Å². The highest BCUT2D eigenvalue weighted by molar-refractivity contribution is 5.94. The first-order chi connectivity index (χ1) is 12.1. The Bertz CT molecular complexity index is 907. The molecule has 2 aromatic rings. The Morgan fingerprint density at radius 3 is 2.80 bits per heavy atom. The van der Waals surface area contributed by atoms with Gasteiger partial charge in [0.15, 0.2) is 0 Å². The molecule has 1 heterocycles. The zero-order chi connectivity index (χ0) is 18.0. The largest absolute Gasteiger partial charge is 0.395 e. The molecular formula is C18H20N4O3. The minimum Gasteiger partial charge on any atom is -0.395 e. The van der Waals surface area contributed by atoms with Gasteiger partial charge in [0.05, 0.1) is 17.8 Å². The number of nitrogens with zero attached hydrogens (tertiary/aromatic N) is 2. The molecule has 7 heteroatoms. The number of nitrogens with one attached hydrogen (secondary N) is 2. The molecule has 1 amide bonds. The van der Waals surface area contributed by atoms with Gasteiger partial charge in [-0.05, 0) is 18.9 Å². The minimum absolute atomic E-state index is 0.0347. The lowest BCUT2D eigenvalue weighted by Gasteiger charge is -2.36. The molecule has 25 heavy (non-hydrogen) atoms. The fraction of sp³-hybridized carbons (Fsp3) is 0.389. The number of aliphatic hydroxyl groups excluding tert-OH is 1. The number of nitriles is 1. The number of amides is 1. The van der Waals surface area contributed by atoms with E-state index >= 15 is 0 Å². The third-order valence-corrected chi connectivity index (χ3v) is 4.68. The highest BCUT2D eigenvalue weighted by atomic mass is 16.3. The first-order valence-electron chi connectivity index (χ1n) is 8.23. The quantitative estimate of drug-likeness (QED) is 0.743. The van der Waals surface area contributed by atoms with Gasteiger partial charge < -0.3 is 20.3 Å². The summed E-state index contributed by atoms with van der Waals surface area (Å²) in [6.07, 6.45) is 1.26. The number of aromatic nitrogens is 1. The summed E-state index contributed by atoms with van der Waals surface area (Å²) in [5.74, 6) is -0.172. The summed E-state index contributed by atoms with van der Waals surface area (Å²) >= 11 is 0. The molecule has 0 radical (unpaired) electrons. The van der Waals surface area contributed by atoms with Crippen molar-refractivity contribution in [1.29, 1.82) is 5.26 Å². The average molecular weight is 340 g/mol. The van der Waals surface area contributed by atoms with Crippen LogP contribution in [0, 0.1) is 17.2 Å². The second kappa shape index (κ2) is 6.95. The first kappa shape index (κ1) is 17.0. The van der Waals surface area contributed by atoms with E-state index in [1.807, 2.05) is 30.3 Å². The Balaban J connectivity index is 1.84. The minimum atomic E-state index is -0.333. The van der Waals surface area contributed by atoms with E-state index in [1.54, 1.807) is 7.05 Å². The fourth-order valence-corrected chi connectivity index (χ4v) is 3.23. The highest BCUT2D eigenvalue weighted by Gasteiger charge is 2.35. The Morgan fingerprint density at radius 1 is 1.40 bits per heavy atom. The highest BCUT2D eigenvalue weighted by Crippen LogP contribution is 2.33. The summed E-state index contributed by atoms with van der Waals surface area (Å²) in [7, 11) is 1.65. The van der Waals surface area contributed by atoms with Crippen molar-refractivity contribution in [2.24, 2.45) is 13.0 Å². The summed E-state index contributed by atoms with van der Waals surface area (Å²) in [6, 6.07) is 9.48. The van der Waals surface area contributed by atoms with Gasteiger partial charge in [0.2, 0.25) is 5.91 Å². The number of aliphatic hydroxyl groups is 1. The summed E-state index contributed by atoms with van der Waals surface area (Å²) < 4.78 is 1.48. The van der Waals surface area contributed by atoms with Crippen LogP contribution in [0.3, 0.4) is 0 Å². The number of rotatable bonds is 5. The molecule has 0 spiro atoms. The van der Waals surface area contributed by atoms with Crippen LogP contribution in [0.2, 0.25) is 0 Å². The van der Waals surface area contributed by atoms with Crippen molar-refractivity contribution in [1.82, 2.24) is 9.88 Å². The summed E-state index contributed by atoms with van der Waals surface area (Å²) in [5, 5.41) is 24.9. The number of aryl methyl sites for hydroxylation is 1. The van der Waals surface area contributed by atoms with E-state index in [0.29, 0.717) is 18.5 Å². The second-order valence-electron chi connectivity index (χ2n) is 6.27. The zero-order valence-corrected chi connectivity index (χ0v) is 14.0. The normalized spacial score (nSPS) is 19.1. The number of fused-ring (bicyclic) bond motifs is 1. The molecular weight excluding hydrogens is 320 g/mol. The van der Waals surface area contributed by atoms with Gasteiger partial charge in [0.1, 0.15) is 11.6 Å². The lowest BCUT2D eigenvalue weighted by atomic mass is 9.79. The van der Waals surface area contributed by atoms with Crippen LogP contribution in [0.1, 0.15) is 18.4 Å². The van der Waals surface area contributed by atoms with Gasteiger partial charge in [-0.15, -0.1) is 0 Å². The van der Waals surface area contributed by atoms with Gasteiger partial charge >= 0.3 is 0 Å². The predicted octanol–water partition coefficient (Wildman–Crippen LogP) is 0.709. The molecule has 3 rings (SSSR count). The van der Waals surface area contributed by atoms with Gasteiger partial charge in [-0.25, -0.2) is 0 Å². The zero-order valence-electron chi connectivity index (χ0n) is 14.0. The van der Waals surface area contributed by atoms with E-state index in [1.165, 1.54) is 4.57 Å². The average Bonchev–Trinajstić information content (AvgIpc) is 2.59. The number of benzene rings is 1. The Morgan fingerprint density at radius 2 is 2.12 bits per heavy atom. The molecule has 0 saturated heterocycles. The maximum atomic E-state index is 12.4. The number of anilines is 1. The number of pyridine rings is 1. The van der Waals surface area contributed by atoms with E-state index in [4.69, 9.17) is 5.11 Å². The van der Waals surface area contributed by atoms with Gasteiger partial charge in [-0.2, -0.15) is 5.26 Å². The van der Waals surface area contributed by atoms with E-state index in [0.717, 1.165) is 10.9 Å². The second-order valence-corrected chi connectivity index (χ2v) is 6.27. The Labute approximate surface area is 144 Å². The van der Waals surface area contributed by atoms with E-state index in [-0.39, 0.29) is 42.1 Å². The molecule has 130 valence electrons. The molecule has 1 aliphatic carbocycles. The third kappa shape index (κ3) is 3.08. The smallest absolute Gasteiger partial charge is 0.270 e. The number of carbonyl (C=O) groups excluding carboxylic acids is 1. The third-order valence-electron chi connectivity index (χ3n) is 4.68. The Hall–Kier alpha value is -2.85. The topological polar surface area (TPSA) is 107 Å². The van der Waals surface area contributed by atoms with Crippen LogP contribution >= 0.6 is 0 Å². The van der Waals surface area contributed by atoms with Gasteiger partial charge in [-0.1, -0.05) is 18.2 Å². The first-order valence-corrected chi connectivity index (χ1v) is 8.23. The standard InChI is InChI=1S/C18H20N4O3/c1-22-15-5-3-2-4-13(15)16(14(10-19)18(22)25)21-12-8-11(9-12)17(24)20-6-7-23/h2-5,11-12,21,23H,6-9H2,1H3,(H,20,24). The number of carbonyl (C=O) groups is 1. The molecule has 1 fully saturated rings.